The number of fused-ring (bicyclic) bond motifs is 1. The van der Waals surface area contributed by atoms with Gasteiger partial charge in [-0.3, -0.25) is 0 Å². The molecule has 4 heteroatoms. The first kappa shape index (κ1) is 7.78. The van der Waals surface area contributed by atoms with Gasteiger partial charge in [-0.05, 0) is 28.7 Å². The molecule has 1 aromatic carbocycles. The average molecular weight is 370 g/mol. The van der Waals surface area contributed by atoms with Gasteiger partial charge in [0.2, 0.25) is 0 Å². The van der Waals surface area contributed by atoms with E-state index >= 15 is 0 Å². The van der Waals surface area contributed by atoms with Gasteiger partial charge in [-0.15, -0.1) is 0 Å². The number of hydrogen-bond donors (Lipinski definition) is 0. The summed E-state index contributed by atoms with van der Waals surface area (Å²) in [4.78, 5) is 0. The van der Waals surface area contributed by atoms with E-state index in [1.807, 2.05) is 15.2 Å². The zero-order valence-corrected chi connectivity index (χ0v) is 9.77. The molecule has 0 amide bonds. The average Bonchev–Trinajstić information content (AvgIpc) is 2.34. The molecule has 1 aromatic heterocycles. The normalized spacial score (nSPS) is 10.7. The molecule has 0 unspecified atom stereocenters. The van der Waals surface area contributed by atoms with Crippen LogP contribution in [-0.2, 0) is 0 Å². The third-order valence-electron chi connectivity index (χ3n) is 1.50. The van der Waals surface area contributed by atoms with Crippen molar-refractivity contribution < 1.29 is 0 Å². The molecule has 0 N–H and O–H groups in total. The Morgan fingerprint density at radius 1 is 1.36 bits per heavy atom. The van der Waals surface area contributed by atoms with E-state index in [2.05, 4.69) is 62.7 Å². The Balaban J connectivity index is 2.96. The van der Waals surface area contributed by atoms with Crippen LogP contribution in [0, 0.1) is 3.57 Å². The lowest BCUT2D eigenvalue weighted by Gasteiger charge is -1.93. The summed E-state index contributed by atoms with van der Waals surface area (Å²) in [6, 6.07) is 6.20. The van der Waals surface area contributed by atoms with Gasteiger partial charge in [-0.25, -0.2) is 2.90 Å². The van der Waals surface area contributed by atoms with Gasteiger partial charge in [0.15, 0.2) is 0 Å². The van der Waals surface area contributed by atoms with Crippen molar-refractivity contribution >= 4 is 56.4 Å². The molecule has 0 saturated heterocycles. The maximum Gasteiger partial charge on any atom is 0.0930 e. The van der Waals surface area contributed by atoms with E-state index < -0.39 is 0 Å². The Bertz CT molecular complexity index is 394. The molecule has 0 spiro atoms. The molecule has 0 atom stereocenters. The molecule has 2 rings (SSSR count). The third kappa shape index (κ3) is 1.26. The molecule has 11 heavy (non-hydrogen) atoms. The fraction of sp³-hybridized carbons (Fsp3) is 0. The Morgan fingerprint density at radius 3 is 2.91 bits per heavy atom. The van der Waals surface area contributed by atoms with E-state index in [0.29, 0.717) is 0 Å². The summed E-state index contributed by atoms with van der Waals surface area (Å²) in [5.41, 5.74) is 1.20. The van der Waals surface area contributed by atoms with Crippen LogP contribution in [0.4, 0.5) is 0 Å². The topological polar surface area (TPSA) is 17.8 Å². The number of benzene rings is 1. The van der Waals surface area contributed by atoms with Crippen LogP contribution in [0.3, 0.4) is 0 Å². The molecular formula is C7H4I2N2. The Hall–Kier alpha value is 0.150. The van der Waals surface area contributed by atoms with Crippen molar-refractivity contribution in [3.8, 4) is 0 Å². The third-order valence-corrected chi connectivity index (χ3v) is 3.10. The first-order chi connectivity index (χ1) is 5.29. The second-order valence-electron chi connectivity index (χ2n) is 2.18. The highest BCUT2D eigenvalue weighted by atomic mass is 127. The lowest BCUT2D eigenvalue weighted by atomic mass is 10.3. The van der Waals surface area contributed by atoms with Crippen LogP contribution in [0.2, 0.25) is 0 Å². The van der Waals surface area contributed by atoms with Gasteiger partial charge in [-0.2, -0.15) is 5.10 Å². The van der Waals surface area contributed by atoms with Crippen LogP contribution in [0.5, 0.6) is 0 Å². The zero-order valence-electron chi connectivity index (χ0n) is 5.46. The lowest BCUT2D eigenvalue weighted by molar-refractivity contribution is 1.08. The monoisotopic (exact) mass is 370 g/mol. The Labute approximate surface area is 91.6 Å². The Kier molecular flexibility index (Phi) is 2.04. The van der Waals surface area contributed by atoms with Crippen LogP contribution >= 0.6 is 45.5 Å². The molecule has 2 nitrogen and oxygen atoms in total. The van der Waals surface area contributed by atoms with Crippen LogP contribution in [0.15, 0.2) is 24.4 Å². The summed E-state index contributed by atoms with van der Waals surface area (Å²) >= 11 is 4.49. The van der Waals surface area contributed by atoms with Crippen molar-refractivity contribution in [1.82, 2.24) is 7.99 Å². The van der Waals surface area contributed by atoms with Crippen molar-refractivity contribution in [2.24, 2.45) is 0 Å². The van der Waals surface area contributed by atoms with Crippen LogP contribution < -0.4 is 0 Å². The van der Waals surface area contributed by atoms with Gasteiger partial charge in [0.25, 0.3) is 0 Å². The first-order valence-corrected chi connectivity index (χ1v) is 5.12. The highest BCUT2D eigenvalue weighted by Crippen LogP contribution is 2.21. The second kappa shape index (κ2) is 2.89. The van der Waals surface area contributed by atoms with Crippen molar-refractivity contribution in [3.63, 3.8) is 0 Å². The zero-order chi connectivity index (χ0) is 7.84. The first-order valence-electron chi connectivity index (χ1n) is 3.07. The van der Waals surface area contributed by atoms with Gasteiger partial charge < -0.3 is 0 Å². The van der Waals surface area contributed by atoms with Gasteiger partial charge in [0, 0.05) is 8.96 Å². The summed E-state index contributed by atoms with van der Waals surface area (Å²) in [5, 5.41) is 5.36. The maximum absolute atomic E-state index is 4.16. The van der Waals surface area contributed by atoms with E-state index in [-0.39, 0.29) is 0 Å². The fourth-order valence-corrected chi connectivity index (χ4v) is 2.87. The molecule has 0 saturated carbocycles. The molecule has 2 aromatic rings. The van der Waals surface area contributed by atoms with E-state index in [1.54, 1.807) is 0 Å². The smallest absolute Gasteiger partial charge is 0.0930 e. The molecule has 0 aliphatic heterocycles. The number of nitrogens with zero attached hydrogens (tertiary/aromatic N) is 2. The van der Waals surface area contributed by atoms with Gasteiger partial charge in [0.1, 0.15) is 0 Å². The summed E-state index contributed by atoms with van der Waals surface area (Å²) < 4.78 is 3.11. The highest BCUT2D eigenvalue weighted by Gasteiger charge is 2.02. The summed E-state index contributed by atoms with van der Waals surface area (Å²) in [6.45, 7) is 0. The predicted molar refractivity (Wildman–Crippen MR) is 61.9 cm³/mol. The van der Waals surface area contributed by atoms with Crippen molar-refractivity contribution in [3.05, 3.63) is 28.0 Å². The standard InChI is InChI=1S/C7H4I2N2/c8-6-3-1-2-5-4-10-11(9)7(5)6/h1-4H. The van der Waals surface area contributed by atoms with E-state index in [4.69, 9.17) is 0 Å². The summed E-state index contributed by atoms with van der Waals surface area (Å²) in [5.74, 6) is 0. The minimum atomic E-state index is 1.20. The van der Waals surface area contributed by atoms with E-state index in [9.17, 15) is 0 Å². The fourth-order valence-electron chi connectivity index (χ4n) is 1.00. The minimum Gasteiger partial charge on any atom is -0.203 e. The summed E-state index contributed by atoms with van der Waals surface area (Å²) in [7, 11) is 0. The van der Waals surface area contributed by atoms with Crippen LogP contribution in [0.25, 0.3) is 10.9 Å². The Morgan fingerprint density at radius 2 is 2.18 bits per heavy atom. The number of hydrogen-bond acceptors (Lipinski definition) is 1. The molecular weight excluding hydrogens is 366 g/mol. The van der Waals surface area contributed by atoms with Crippen LogP contribution in [0.1, 0.15) is 0 Å². The lowest BCUT2D eigenvalue weighted by Crippen LogP contribution is -1.82. The summed E-state index contributed by atoms with van der Waals surface area (Å²) in [6.07, 6.45) is 1.88. The number of halogens is 2. The van der Waals surface area contributed by atoms with E-state index in [0.717, 1.165) is 0 Å². The van der Waals surface area contributed by atoms with Gasteiger partial charge in [0.05, 0.1) is 34.6 Å². The van der Waals surface area contributed by atoms with Crippen molar-refractivity contribution in [2.75, 3.05) is 0 Å². The van der Waals surface area contributed by atoms with Crippen molar-refractivity contribution in [2.45, 2.75) is 0 Å². The largest absolute Gasteiger partial charge is 0.203 e. The molecule has 1 heterocycles. The maximum atomic E-state index is 4.16. The molecule has 0 fully saturated rings. The molecule has 56 valence electrons. The van der Waals surface area contributed by atoms with Crippen LogP contribution in [-0.4, -0.2) is 7.99 Å². The second-order valence-corrected chi connectivity index (χ2v) is 4.26. The number of aromatic nitrogens is 2. The number of rotatable bonds is 0. The number of para-hydroxylation sites is 1. The predicted octanol–water partition coefficient (Wildman–Crippen LogP) is 2.84. The van der Waals surface area contributed by atoms with Gasteiger partial charge >= 0.3 is 0 Å². The molecule has 0 aliphatic carbocycles. The molecule has 0 radical (unpaired) electrons. The quantitative estimate of drug-likeness (QED) is 0.653. The SMILES string of the molecule is Ic1cccc2cnn(I)c12. The molecule has 0 aliphatic rings. The minimum absolute atomic E-state index is 1.20. The highest BCUT2D eigenvalue weighted by molar-refractivity contribution is 14.1. The van der Waals surface area contributed by atoms with Gasteiger partial charge in [-0.1, -0.05) is 12.1 Å². The molecule has 0 bridgehead atoms. The van der Waals surface area contributed by atoms with E-state index in [1.165, 1.54) is 14.5 Å². The van der Waals surface area contributed by atoms with Crippen molar-refractivity contribution in [1.29, 1.82) is 0 Å².